The topological polar surface area (TPSA) is 98.0 Å². The minimum Gasteiger partial charge on any atom is -0.480 e. The third-order valence-electron chi connectivity index (χ3n) is 6.43. The molecule has 0 aliphatic rings. The van der Waals surface area contributed by atoms with Gasteiger partial charge in [-0.05, 0) is 49.1 Å². The fraction of sp³-hybridized carbons (Fsp3) is 0.212. The number of benzene rings is 4. The maximum Gasteiger partial charge on any atom is 0.408 e. The van der Waals surface area contributed by atoms with Gasteiger partial charge in [0, 0.05) is 16.3 Å². The Balaban J connectivity index is 1.22. The van der Waals surface area contributed by atoms with Crippen LogP contribution in [0.1, 0.15) is 26.3 Å². The number of amides is 1. The lowest BCUT2D eigenvalue weighted by Crippen LogP contribution is -2.46. The van der Waals surface area contributed by atoms with Gasteiger partial charge in [0.1, 0.15) is 16.8 Å². The van der Waals surface area contributed by atoms with Crippen LogP contribution in [0, 0.1) is 0 Å². The van der Waals surface area contributed by atoms with Crippen LogP contribution in [0.2, 0.25) is 0 Å². The zero-order chi connectivity index (χ0) is 28.3. The summed E-state index contributed by atoms with van der Waals surface area (Å²) in [6.45, 7) is 5.15. The van der Waals surface area contributed by atoms with Gasteiger partial charge in [0.25, 0.3) is 0 Å². The first-order valence-corrected chi connectivity index (χ1v) is 13.1. The first kappa shape index (κ1) is 27.0. The number of carboxylic acids is 1. The summed E-state index contributed by atoms with van der Waals surface area (Å²) < 4.78 is 16.9. The van der Waals surface area contributed by atoms with Gasteiger partial charge in [0.05, 0.1) is 13.2 Å². The van der Waals surface area contributed by atoms with Crippen LogP contribution in [-0.4, -0.2) is 35.4 Å². The fourth-order valence-corrected chi connectivity index (χ4v) is 4.53. The molecule has 1 amide bonds. The van der Waals surface area contributed by atoms with E-state index in [2.05, 4.69) is 53.8 Å². The molecule has 0 aliphatic carbocycles. The first-order chi connectivity index (χ1) is 19.2. The molecule has 4 aromatic carbocycles. The lowest BCUT2D eigenvalue weighted by molar-refractivity contribution is -0.141. The van der Waals surface area contributed by atoms with Crippen LogP contribution in [0.25, 0.3) is 44.2 Å². The minimum atomic E-state index is -1.21. The number of carbonyl (C=O) groups excluding carboxylic acids is 1. The van der Waals surface area contributed by atoms with Crippen molar-refractivity contribution in [1.29, 1.82) is 0 Å². The van der Waals surface area contributed by atoms with Crippen molar-refractivity contribution < 1.29 is 28.6 Å². The maximum atomic E-state index is 11.9. The fourth-order valence-electron chi connectivity index (χ4n) is 4.53. The van der Waals surface area contributed by atoms with Crippen LogP contribution in [0.5, 0.6) is 0 Å². The SMILES string of the molecule is CC(C)(C)OC(=O)N[C@@H](COCc1ccc(-c2ccc(-c3cccc4c3oc3ccccc34)cc2)cc1)C(=O)O. The summed E-state index contributed by atoms with van der Waals surface area (Å²) in [6, 6.07) is 29.3. The van der Waals surface area contributed by atoms with E-state index in [0.29, 0.717) is 0 Å². The number of aliphatic carboxylic acids is 1. The summed E-state index contributed by atoms with van der Waals surface area (Å²) in [5.41, 5.74) is 6.17. The van der Waals surface area contributed by atoms with Crippen LogP contribution in [0.15, 0.2) is 95.4 Å². The Morgan fingerprint density at radius 1 is 0.825 bits per heavy atom. The lowest BCUT2D eigenvalue weighted by Gasteiger charge is -2.22. The summed E-state index contributed by atoms with van der Waals surface area (Å²) in [5, 5.41) is 13.9. The molecule has 1 heterocycles. The number of ether oxygens (including phenoxy) is 2. The van der Waals surface area contributed by atoms with Crippen molar-refractivity contribution in [1.82, 2.24) is 5.32 Å². The average Bonchev–Trinajstić information content (AvgIpc) is 3.31. The molecule has 204 valence electrons. The molecule has 5 aromatic rings. The van der Waals surface area contributed by atoms with E-state index in [-0.39, 0.29) is 13.2 Å². The van der Waals surface area contributed by atoms with E-state index in [1.165, 1.54) is 0 Å². The van der Waals surface area contributed by atoms with Gasteiger partial charge in [0.2, 0.25) is 0 Å². The molecule has 40 heavy (non-hydrogen) atoms. The van der Waals surface area contributed by atoms with Gasteiger partial charge in [-0.25, -0.2) is 9.59 Å². The highest BCUT2D eigenvalue weighted by Gasteiger charge is 2.24. The normalized spacial score (nSPS) is 12.4. The second-order valence-corrected chi connectivity index (χ2v) is 10.6. The highest BCUT2D eigenvalue weighted by molar-refractivity contribution is 6.09. The number of hydrogen-bond donors (Lipinski definition) is 2. The summed E-state index contributed by atoms with van der Waals surface area (Å²) in [7, 11) is 0. The number of alkyl carbamates (subject to hydrolysis) is 1. The number of hydrogen-bond acceptors (Lipinski definition) is 5. The largest absolute Gasteiger partial charge is 0.480 e. The highest BCUT2D eigenvalue weighted by atomic mass is 16.6. The summed E-state index contributed by atoms with van der Waals surface area (Å²) in [5.74, 6) is -1.19. The van der Waals surface area contributed by atoms with Crippen LogP contribution >= 0.6 is 0 Å². The molecule has 5 rings (SSSR count). The highest BCUT2D eigenvalue weighted by Crippen LogP contribution is 2.36. The van der Waals surface area contributed by atoms with Crippen LogP contribution in [0.4, 0.5) is 4.79 Å². The zero-order valence-electron chi connectivity index (χ0n) is 22.6. The molecule has 0 fully saturated rings. The van der Waals surface area contributed by atoms with Crippen molar-refractivity contribution in [3.05, 3.63) is 96.6 Å². The van der Waals surface area contributed by atoms with E-state index in [4.69, 9.17) is 13.9 Å². The van der Waals surface area contributed by atoms with Crippen molar-refractivity contribution in [2.75, 3.05) is 6.61 Å². The number of furan rings is 1. The third kappa shape index (κ3) is 6.16. The molecule has 7 heteroatoms. The van der Waals surface area contributed by atoms with Gasteiger partial charge in [-0.2, -0.15) is 0 Å². The van der Waals surface area contributed by atoms with E-state index in [1.54, 1.807) is 20.8 Å². The molecule has 0 unspecified atom stereocenters. The molecule has 0 aliphatic heterocycles. The Kier molecular flexibility index (Phi) is 7.58. The maximum absolute atomic E-state index is 11.9. The van der Waals surface area contributed by atoms with E-state index < -0.39 is 23.7 Å². The molecule has 2 N–H and O–H groups in total. The Hall–Kier alpha value is -4.62. The monoisotopic (exact) mass is 537 g/mol. The summed E-state index contributed by atoms with van der Waals surface area (Å²) in [6.07, 6.45) is -0.798. The lowest BCUT2D eigenvalue weighted by atomic mass is 9.98. The quantitative estimate of drug-likeness (QED) is 0.214. The second kappa shape index (κ2) is 11.2. The Labute approximate surface area is 232 Å². The van der Waals surface area contributed by atoms with Gasteiger partial charge >= 0.3 is 12.1 Å². The second-order valence-electron chi connectivity index (χ2n) is 10.6. The van der Waals surface area contributed by atoms with Crippen LogP contribution in [-0.2, 0) is 20.9 Å². The smallest absolute Gasteiger partial charge is 0.408 e. The number of rotatable bonds is 8. The van der Waals surface area contributed by atoms with E-state index in [1.807, 2.05) is 42.5 Å². The number of carbonyl (C=O) groups is 2. The molecule has 1 aromatic heterocycles. The van der Waals surface area contributed by atoms with Crippen molar-refractivity contribution in [2.45, 2.75) is 39.0 Å². The third-order valence-corrected chi connectivity index (χ3v) is 6.43. The predicted molar refractivity (Wildman–Crippen MR) is 155 cm³/mol. The Morgan fingerprint density at radius 2 is 1.45 bits per heavy atom. The van der Waals surface area contributed by atoms with Crippen LogP contribution < -0.4 is 5.32 Å². The van der Waals surface area contributed by atoms with Gasteiger partial charge < -0.3 is 24.3 Å². The Bertz CT molecular complexity index is 1650. The van der Waals surface area contributed by atoms with Crippen molar-refractivity contribution in [3.8, 4) is 22.3 Å². The van der Waals surface area contributed by atoms with Crippen molar-refractivity contribution in [3.63, 3.8) is 0 Å². The molecule has 1 atom stereocenters. The summed E-state index contributed by atoms with van der Waals surface area (Å²) in [4.78, 5) is 23.4. The molecule has 0 bridgehead atoms. The molecule has 0 spiro atoms. The molecule has 0 radical (unpaired) electrons. The number of carboxylic acid groups (broad SMARTS) is 1. The number of fused-ring (bicyclic) bond motifs is 3. The molecular formula is C33H31NO6. The number of nitrogens with one attached hydrogen (secondary N) is 1. The van der Waals surface area contributed by atoms with Crippen LogP contribution in [0.3, 0.4) is 0 Å². The minimum absolute atomic E-state index is 0.185. The van der Waals surface area contributed by atoms with E-state index in [0.717, 1.165) is 49.8 Å². The van der Waals surface area contributed by atoms with Gasteiger partial charge in [-0.15, -0.1) is 0 Å². The van der Waals surface area contributed by atoms with Gasteiger partial charge in [-0.3, -0.25) is 0 Å². The molecule has 7 nitrogen and oxygen atoms in total. The number of para-hydroxylation sites is 2. The molecular weight excluding hydrogens is 506 g/mol. The predicted octanol–water partition coefficient (Wildman–Crippen LogP) is 7.41. The van der Waals surface area contributed by atoms with E-state index >= 15 is 0 Å². The van der Waals surface area contributed by atoms with E-state index in [9.17, 15) is 14.7 Å². The summed E-state index contributed by atoms with van der Waals surface area (Å²) >= 11 is 0. The van der Waals surface area contributed by atoms with Crippen molar-refractivity contribution >= 4 is 34.0 Å². The molecule has 0 saturated heterocycles. The molecule has 0 saturated carbocycles. The Morgan fingerprint density at radius 3 is 2.12 bits per heavy atom. The zero-order valence-corrected chi connectivity index (χ0v) is 22.6. The average molecular weight is 538 g/mol. The standard InChI is InChI=1S/C33H31NO6/c1-33(2,3)40-32(37)34-28(31(35)36)20-38-19-21-11-13-22(14-12-21)23-15-17-24(18-16-23)25-8-6-9-27-26-7-4-5-10-29(26)39-30(25)27/h4-18,28H,19-20H2,1-3H3,(H,34,37)(H,35,36)/t28-/m0/s1. The van der Waals surface area contributed by atoms with Gasteiger partial charge in [-0.1, -0.05) is 84.9 Å². The van der Waals surface area contributed by atoms with Crippen molar-refractivity contribution in [2.24, 2.45) is 0 Å². The van der Waals surface area contributed by atoms with Gasteiger partial charge in [0.15, 0.2) is 6.04 Å². The first-order valence-electron chi connectivity index (χ1n) is 13.1.